The number of hydrogen-bond donors (Lipinski definition) is 1. The van der Waals surface area contributed by atoms with Crippen LogP contribution in [0.1, 0.15) is 45.6 Å². The van der Waals surface area contributed by atoms with Gasteiger partial charge in [-0.1, -0.05) is 81.6 Å². The third-order valence-corrected chi connectivity index (χ3v) is 7.59. The van der Waals surface area contributed by atoms with E-state index < -0.39 is 0 Å². The molecule has 0 aliphatic carbocycles. The van der Waals surface area contributed by atoms with Crippen LogP contribution < -0.4 is 10.1 Å². The number of carbonyl (C=O) groups excluding carboxylic acids is 2. The van der Waals surface area contributed by atoms with E-state index in [1.807, 2.05) is 70.2 Å². The molecule has 6 heteroatoms. The molecule has 0 aliphatic rings. The van der Waals surface area contributed by atoms with E-state index in [-0.39, 0.29) is 34.0 Å². The highest BCUT2D eigenvalue weighted by Crippen LogP contribution is 2.35. The number of hydrogen-bond acceptors (Lipinski definition) is 6. The van der Waals surface area contributed by atoms with E-state index in [1.165, 1.54) is 23.5 Å². The minimum Gasteiger partial charge on any atom is -0.497 e. The van der Waals surface area contributed by atoms with Crippen molar-refractivity contribution in [3.63, 3.8) is 0 Å². The topological polar surface area (TPSA) is 55.4 Å². The summed E-state index contributed by atoms with van der Waals surface area (Å²) >= 11 is 2.74. The fourth-order valence-corrected chi connectivity index (χ4v) is 5.19. The number of ether oxygens (including phenoxy) is 1. The van der Waals surface area contributed by atoms with Gasteiger partial charge < -0.3 is 10.1 Å². The van der Waals surface area contributed by atoms with E-state index in [0.29, 0.717) is 6.42 Å². The monoisotopic (exact) mass is 473 g/mol. The molecule has 1 N–H and O–H groups in total. The van der Waals surface area contributed by atoms with Crippen molar-refractivity contribution in [1.82, 2.24) is 0 Å². The Balaban J connectivity index is 2.36. The first-order valence-electron chi connectivity index (χ1n) is 11.2. The van der Waals surface area contributed by atoms with Crippen LogP contribution in [0.2, 0.25) is 0 Å². The van der Waals surface area contributed by atoms with Gasteiger partial charge in [0.2, 0.25) is 0 Å². The maximum Gasteiger partial charge on any atom is 0.193 e. The van der Waals surface area contributed by atoms with Gasteiger partial charge >= 0.3 is 0 Å². The molecular formula is C26H35NO3S2. The van der Waals surface area contributed by atoms with Gasteiger partial charge in [-0.3, -0.25) is 9.59 Å². The van der Waals surface area contributed by atoms with Gasteiger partial charge in [-0.2, -0.15) is 0 Å². The lowest BCUT2D eigenvalue weighted by Gasteiger charge is -2.32. The van der Waals surface area contributed by atoms with Crippen LogP contribution in [-0.2, 0) is 9.59 Å². The Morgan fingerprint density at radius 1 is 0.875 bits per heavy atom. The SMILES string of the molecule is CCSC(=O)C(C)C(CC(c1ccccc1)C(C)C(=O)SCC)Nc1ccc(OC)cc1. The first-order valence-corrected chi connectivity index (χ1v) is 13.2. The standard InChI is InChI=1S/C26H35NO3S2/c1-6-31-25(28)18(3)23(20-11-9-8-10-12-20)17-24(19(4)26(29)32-7-2)27-21-13-15-22(30-5)16-14-21/h8-16,18-19,23-24,27H,6-7,17H2,1-5H3. The molecule has 0 saturated carbocycles. The number of carbonyl (C=O) groups is 2. The zero-order valence-electron chi connectivity index (χ0n) is 19.7. The van der Waals surface area contributed by atoms with Crippen molar-refractivity contribution in [2.45, 2.75) is 46.1 Å². The molecule has 0 spiro atoms. The van der Waals surface area contributed by atoms with E-state index in [2.05, 4.69) is 17.4 Å². The summed E-state index contributed by atoms with van der Waals surface area (Å²) in [5.41, 5.74) is 2.07. The highest BCUT2D eigenvalue weighted by Gasteiger charge is 2.32. The van der Waals surface area contributed by atoms with Gasteiger partial charge in [-0.25, -0.2) is 0 Å². The van der Waals surface area contributed by atoms with Crippen molar-refractivity contribution in [2.24, 2.45) is 11.8 Å². The van der Waals surface area contributed by atoms with Crippen LogP contribution >= 0.6 is 23.5 Å². The predicted octanol–water partition coefficient (Wildman–Crippen LogP) is 6.48. The second-order valence-electron chi connectivity index (χ2n) is 7.81. The van der Waals surface area contributed by atoms with Crippen LogP contribution in [0.25, 0.3) is 0 Å². The summed E-state index contributed by atoms with van der Waals surface area (Å²) in [7, 11) is 1.64. The Morgan fingerprint density at radius 2 is 1.44 bits per heavy atom. The average Bonchev–Trinajstić information content (AvgIpc) is 2.82. The van der Waals surface area contributed by atoms with Gasteiger partial charge in [0.05, 0.1) is 7.11 Å². The highest BCUT2D eigenvalue weighted by atomic mass is 32.2. The molecule has 4 nitrogen and oxygen atoms in total. The molecule has 2 aromatic carbocycles. The molecule has 174 valence electrons. The van der Waals surface area contributed by atoms with Crippen LogP contribution in [0.5, 0.6) is 5.75 Å². The third-order valence-electron chi connectivity index (χ3n) is 5.70. The van der Waals surface area contributed by atoms with E-state index in [1.54, 1.807) is 7.11 Å². The predicted molar refractivity (Wildman–Crippen MR) is 139 cm³/mol. The Morgan fingerprint density at radius 3 is 1.97 bits per heavy atom. The summed E-state index contributed by atoms with van der Waals surface area (Å²) in [5, 5.41) is 3.96. The van der Waals surface area contributed by atoms with Crippen molar-refractivity contribution in [3.8, 4) is 5.75 Å². The Bertz CT molecular complexity index is 842. The van der Waals surface area contributed by atoms with Crippen molar-refractivity contribution < 1.29 is 14.3 Å². The lowest BCUT2D eigenvalue weighted by Crippen LogP contribution is -2.35. The van der Waals surface area contributed by atoms with Crippen LogP contribution in [0.3, 0.4) is 0 Å². The number of nitrogens with one attached hydrogen (secondary N) is 1. The lowest BCUT2D eigenvalue weighted by molar-refractivity contribution is -0.114. The number of methoxy groups -OCH3 is 1. The third kappa shape index (κ3) is 7.59. The highest BCUT2D eigenvalue weighted by molar-refractivity contribution is 8.13. The van der Waals surface area contributed by atoms with Crippen molar-refractivity contribution >= 4 is 39.4 Å². The van der Waals surface area contributed by atoms with Crippen LogP contribution in [0.4, 0.5) is 5.69 Å². The molecule has 0 aromatic heterocycles. The van der Waals surface area contributed by atoms with Gasteiger partial charge in [-0.15, -0.1) is 0 Å². The largest absolute Gasteiger partial charge is 0.497 e. The van der Waals surface area contributed by atoms with E-state index in [4.69, 9.17) is 4.74 Å². The van der Waals surface area contributed by atoms with Gasteiger partial charge in [-0.05, 0) is 53.7 Å². The van der Waals surface area contributed by atoms with E-state index in [9.17, 15) is 9.59 Å². The number of thioether (sulfide) groups is 2. The van der Waals surface area contributed by atoms with Crippen LogP contribution in [0, 0.1) is 11.8 Å². The molecule has 0 amide bonds. The molecular weight excluding hydrogens is 438 g/mol. The van der Waals surface area contributed by atoms with Gasteiger partial charge in [0.15, 0.2) is 10.2 Å². The summed E-state index contributed by atoms with van der Waals surface area (Å²) in [6.07, 6.45) is 0.685. The van der Waals surface area contributed by atoms with E-state index >= 15 is 0 Å². The molecule has 0 aliphatic heterocycles. The molecule has 0 heterocycles. The molecule has 0 radical (unpaired) electrons. The summed E-state index contributed by atoms with van der Waals surface area (Å²) < 4.78 is 5.27. The summed E-state index contributed by atoms with van der Waals surface area (Å²) in [5.74, 6) is 1.97. The normalized spacial score (nSPS) is 14.8. The Kier molecular flexibility index (Phi) is 11.2. The molecule has 2 rings (SSSR count). The van der Waals surface area contributed by atoms with Crippen molar-refractivity contribution in [1.29, 1.82) is 0 Å². The number of rotatable bonds is 12. The molecule has 0 bridgehead atoms. The number of anilines is 1. The fourth-order valence-electron chi connectivity index (χ4n) is 3.77. The summed E-state index contributed by atoms with van der Waals surface area (Å²) in [6.45, 7) is 8.00. The van der Waals surface area contributed by atoms with Gasteiger partial charge in [0, 0.05) is 23.6 Å². The molecule has 2 aromatic rings. The number of benzene rings is 2. The van der Waals surface area contributed by atoms with Gasteiger partial charge in [0.25, 0.3) is 0 Å². The van der Waals surface area contributed by atoms with Crippen LogP contribution in [-0.4, -0.2) is 34.9 Å². The zero-order chi connectivity index (χ0) is 23.5. The smallest absolute Gasteiger partial charge is 0.193 e. The second-order valence-corrected chi connectivity index (χ2v) is 10.4. The maximum absolute atomic E-state index is 12.8. The zero-order valence-corrected chi connectivity index (χ0v) is 21.3. The molecule has 4 unspecified atom stereocenters. The van der Waals surface area contributed by atoms with Crippen molar-refractivity contribution in [2.75, 3.05) is 23.9 Å². The lowest BCUT2D eigenvalue weighted by atomic mass is 9.80. The summed E-state index contributed by atoms with van der Waals surface area (Å²) in [6, 6.07) is 17.8. The molecule has 0 fully saturated rings. The minimum atomic E-state index is -0.200. The molecule has 32 heavy (non-hydrogen) atoms. The average molecular weight is 474 g/mol. The molecule has 0 saturated heterocycles. The van der Waals surface area contributed by atoms with Gasteiger partial charge in [0.1, 0.15) is 5.75 Å². The summed E-state index contributed by atoms with van der Waals surface area (Å²) in [4.78, 5) is 25.7. The van der Waals surface area contributed by atoms with E-state index in [0.717, 1.165) is 28.5 Å². The first kappa shape index (κ1) is 26.3. The fraction of sp³-hybridized carbons (Fsp3) is 0.462. The Hall–Kier alpha value is -1.92. The first-order chi connectivity index (χ1) is 15.4. The quantitative estimate of drug-likeness (QED) is 0.381. The molecule has 4 atom stereocenters. The Labute approximate surface area is 201 Å². The van der Waals surface area contributed by atoms with Crippen molar-refractivity contribution in [3.05, 3.63) is 60.2 Å². The minimum absolute atomic E-state index is 0.0142. The van der Waals surface area contributed by atoms with Crippen LogP contribution in [0.15, 0.2) is 54.6 Å². The maximum atomic E-state index is 12.8. The second kappa shape index (κ2) is 13.6.